The van der Waals surface area contributed by atoms with Gasteiger partial charge in [-0.1, -0.05) is 13.0 Å². The van der Waals surface area contributed by atoms with E-state index < -0.39 is 0 Å². The number of likely N-dealkylation sites (N-methyl/N-ethyl adjacent to an activating group) is 1. The molecule has 3 rings (SSSR count). The van der Waals surface area contributed by atoms with Crippen molar-refractivity contribution < 1.29 is 23.9 Å². The van der Waals surface area contributed by atoms with E-state index in [9.17, 15) is 14.4 Å². The Balaban J connectivity index is 1.99. The minimum Gasteiger partial charge on any atom is -0.491 e. The van der Waals surface area contributed by atoms with Crippen LogP contribution in [0.5, 0.6) is 5.75 Å². The number of rotatable bonds is 3. The molecule has 1 aliphatic rings. The van der Waals surface area contributed by atoms with Gasteiger partial charge in [0, 0.05) is 52.0 Å². The summed E-state index contributed by atoms with van der Waals surface area (Å²) in [7, 11) is 3.30. The highest BCUT2D eigenvalue weighted by atomic mass is 16.5. The Hall–Kier alpha value is -3.46. The lowest BCUT2D eigenvalue weighted by Gasteiger charge is -2.36. The Morgan fingerprint density at radius 3 is 2.59 bits per heavy atom. The molecule has 9 nitrogen and oxygen atoms in total. The number of anilines is 1. The number of fused-ring (bicyclic) bond motifs is 1. The Labute approximate surface area is 200 Å². The van der Waals surface area contributed by atoms with Crippen LogP contribution in [0.2, 0.25) is 0 Å². The highest BCUT2D eigenvalue weighted by Crippen LogP contribution is 2.26. The van der Waals surface area contributed by atoms with Crippen molar-refractivity contribution in [3.05, 3.63) is 53.9 Å². The van der Waals surface area contributed by atoms with Crippen molar-refractivity contribution in [1.29, 1.82) is 0 Å². The average molecular weight is 469 g/mol. The Kier molecular flexibility index (Phi) is 8.22. The number of benzene rings is 1. The SMILES string of the molecule is CO[C@H]1CN(C)C(=O)c2cc(NC(C)=O)ccc2OC[C@@H](C)N(C(=O)c2ccccn2)C[C@H]1C. The minimum atomic E-state index is -0.303. The van der Waals surface area contributed by atoms with Gasteiger partial charge in [0.2, 0.25) is 5.91 Å². The maximum absolute atomic E-state index is 13.3. The van der Waals surface area contributed by atoms with Crippen LogP contribution in [0.15, 0.2) is 42.6 Å². The van der Waals surface area contributed by atoms with Gasteiger partial charge in [0.1, 0.15) is 18.1 Å². The van der Waals surface area contributed by atoms with E-state index >= 15 is 0 Å². The molecule has 0 aliphatic carbocycles. The zero-order chi connectivity index (χ0) is 24.8. The third-order valence-electron chi connectivity index (χ3n) is 5.91. The fraction of sp³-hybridized carbons (Fsp3) is 0.440. The topological polar surface area (TPSA) is 101 Å². The van der Waals surface area contributed by atoms with Crippen molar-refractivity contribution in [3.63, 3.8) is 0 Å². The lowest BCUT2D eigenvalue weighted by molar-refractivity contribution is -0.114. The van der Waals surface area contributed by atoms with Gasteiger partial charge in [-0.25, -0.2) is 0 Å². The molecule has 0 bridgehead atoms. The molecular weight excluding hydrogens is 436 g/mol. The summed E-state index contributed by atoms with van der Waals surface area (Å²) in [6, 6.07) is 9.88. The van der Waals surface area contributed by atoms with Crippen LogP contribution in [0.3, 0.4) is 0 Å². The fourth-order valence-corrected chi connectivity index (χ4v) is 3.98. The first kappa shape index (κ1) is 25.2. The summed E-state index contributed by atoms with van der Waals surface area (Å²) in [6.45, 7) is 6.21. The minimum absolute atomic E-state index is 0.0695. The van der Waals surface area contributed by atoms with E-state index in [4.69, 9.17) is 9.47 Å². The van der Waals surface area contributed by atoms with E-state index in [2.05, 4.69) is 10.3 Å². The van der Waals surface area contributed by atoms with Gasteiger partial charge >= 0.3 is 0 Å². The molecule has 0 saturated heterocycles. The zero-order valence-electron chi connectivity index (χ0n) is 20.3. The summed E-state index contributed by atoms with van der Waals surface area (Å²) in [4.78, 5) is 45.7. The van der Waals surface area contributed by atoms with Crippen molar-refractivity contribution in [2.24, 2.45) is 5.92 Å². The van der Waals surface area contributed by atoms with Crippen LogP contribution in [0.4, 0.5) is 5.69 Å². The molecule has 34 heavy (non-hydrogen) atoms. The summed E-state index contributed by atoms with van der Waals surface area (Å²) >= 11 is 0. The van der Waals surface area contributed by atoms with Crippen LogP contribution in [-0.2, 0) is 9.53 Å². The van der Waals surface area contributed by atoms with E-state index in [1.165, 1.54) is 6.92 Å². The van der Waals surface area contributed by atoms with E-state index in [1.54, 1.807) is 66.6 Å². The number of pyridine rings is 1. The largest absolute Gasteiger partial charge is 0.491 e. The van der Waals surface area contributed by atoms with Crippen LogP contribution in [-0.4, -0.2) is 78.5 Å². The smallest absolute Gasteiger partial charge is 0.272 e. The predicted octanol–water partition coefficient (Wildman–Crippen LogP) is 2.69. The Morgan fingerprint density at radius 1 is 1.18 bits per heavy atom. The van der Waals surface area contributed by atoms with E-state index in [1.807, 2.05) is 13.8 Å². The van der Waals surface area contributed by atoms with E-state index in [-0.39, 0.29) is 42.4 Å². The summed E-state index contributed by atoms with van der Waals surface area (Å²) in [5, 5.41) is 2.70. The van der Waals surface area contributed by atoms with Crippen molar-refractivity contribution >= 4 is 23.4 Å². The first-order valence-electron chi connectivity index (χ1n) is 11.3. The van der Waals surface area contributed by atoms with Crippen molar-refractivity contribution in [2.75, 3.05) is 39.2 Å². The van der Waals surface area contributed by atoms with E-state index in [0.29, 0.717) is 35.8 Å². The van der Waals surface area contributed by atoms with Gasteiger partial charge in [-0.3, -0.25) is 19.4 Å². The number of nitrogens with one attached hydrogen (secondary N) is 1. The van der Waals surface area contributed by atoms with Gasteiger partial charge < -0.3 is 24.6 Å². The van der Waals surface area contributed by atoms with Gasteiger partial charge in [0.05, 0.1) is 17.7 Å². The molecule has 182 valence electrons. The second-order valence-corrected chi connectivity index (χ2v) is 8.66. The number of hydrogen-bond donors (Lipinski definition) is 1. The monoisotopic (exact) mass is 468 g/mol. The molecule has 1 aromatic carbocycles. The molecule has 0 saturated carbocycles. The molecule has 1 aromatic heterocycles. The molecule has 0 fully saturated rings. The second-order valence-electron chi connectivity index (χ2n) is 8.66. The average Bonchev–Trinajstić information content (AvgIpc) is 2.83. The van der Waals surface area contributed by atoms with Crippen LogP contribution in [0.25, 0.3) is 0 Å². The lowest BCUT2D eigenvalue weighted by Crippen LogP contribution is -2.48. The molecule has 1 N–H and O–H groups in total. The fourth-order valence-electron chi connectivity index (χ4n) is 3.98. The highest BCUT2D eigenvalue weighted by Gasteiger charge is 2.31. The standard InChI is InChI=1S/C25H32N4O5/c1-16-13-29(25(32)21-8-6-7-11-26-21)17(2)15-34-22-10-9-19(27-18(3)30)12-20(22)24(31)28(4)14-23(16)33-5/h6-12,16-17,23H,13-15H2,1-5H3,(H,27,30)/t16-,17-,23+/m1/s1. The molecule has 2 heterocycles. The molecule has 0 unspecified atom stereocenters. The highest BCUT2D eigenvalue weighted by molar-refractivity contribution is 5.99. The van der Waals surface area contributed by atoms with Crippen LogP contribution in [0, 0.1) is 5.92 Å². The van der Waals surface area contributed by atoms with Crippen LogP contribution >= 0.6 is 0 Å². The number of methoxy groups -OCH3 is 1. The van der Waals surface area contributed by atoms with Gasteiger partial charge in [-0.15, -0.1) is 0 Å². The maximum atomic E-state index is 13.3. The van der Waals surface area contributed by atoms with Gasteiger partial charge in [-0.05, 0) is 37.3 Å². The molecule has 0 spiro atoms. The third kappa shape index (κ3) is 5.91. The van der Waals surface area contributed by atoms with Crippen molar-refractivity contribution in [2.45, 2.75) is 32.9 Å². The number of carbonyl (C=O) groups excluding carboxylic acids is 3. The molecule has 3 atom stereocenters. The summed E-state index contributed by atoms with van der Waals surface area (Å²) in [6.07, 6.45) is 1.29. The number of ether oxygens (including phenoxy) is 2. The molecule has 2 aromatic rings. The first-order valence-corrected chi connectivity index (χ1v) is 11.3. The zero-order valence-corrected chi connectivity index (χ0v) is 20.3. The first-order chi connectivity index (χ1) is 16.2. The second kappa shape index (κ2) is 11.1. The number of carbonyl (C=O) groups is 3. The lowest BCUT2D eigenvalue weighted by atomic mass is 10.0. The normalized spacial score (nSPS) is 21.6. The Bertz CT molecular complexity index is 1030. The molecular formula is C25H32N4O5. The summed E-state index contributed by atoms with van der Waals surface area (Å²) in [5.74, 6) is -0.363. The third-order valence-corrected chi connectivity index (χ3v) is 5.91. The van der Waals surface area contributed by atoms with Crippen LogP contribution in [0.1, 0.15) is 41.6 Å². The molecule has 1 aliphatic heterocycles. The van der Waals surface area contributed by atoms with E-state index in [0.717, 1.165) is 0 Å². The maximum Gasteiger partial charge on any atom is 0.272 e. The van der Waals surface area contributed by atoms with Crippen molar-refractivity contribution in [1.82, 2.24) is 14.8 Å². The van der Waals surface area contributed by atoms with Crippen molar-refractivity contribution in [3.8, 4) is 5.75 Å². The molecule has 9 heteroatoms. The summed E-state index contributed by atoms with van der Waals surface area (Å²) < 4.78 is 11.8. The van der Waals surface area contributed by atoms with Gasteiger partial charge in [-0.2, -0.15) is 0 Å². The Morgan fingerprint density at radius 2 is 1.94 bits per heavy atom. The number of amides is 3. The number of hydrogen-bond acceptors (Lipinski definition) is 6. The molecule has 3 amide bonds. The quantitative estimate of drug-likeness (QED) is 0.743. The summed E-state index contributed by atoms with van der Waals surface area (Å²) in [5.41, 5.74) is 1.18. The number of aromatic nitrogens is 1. The predicted molar refractivity (Wildman–Crippen MR) is 128 cm³/mol. The molecule has 0 radical (unpaired) electrons. The van der Waals surface area contributed by atoms with Crippen LogP contribution < -0.4 is 10.1 Å². The van der Waals surface area contributed by atoms with Gasteiger partial charge in [0.15, 0.2) is 0 Å². The number of nitrogens with zero attached hydrogens (tertiary/aromatic N) is 3. The van der Waals surface area contributed by atoms with Gasteiger partial charge in [0.25, 0.3) is 11.8 Å².